The summed E-state index contributed by atoms with van der Waals surface area (Å²) >= 11 is 0. The number of rotatable bonds is 6. The number of nitro groups is 1. The maximum atomic E-state index is 11.9. The molecule has 0 aliphatic carbocycles. The van der Waals surface area contributed by atoms with Crippen LogP contribution in [0.5, 0.6) is 5.75 Å². The van der Waals surface area contributed by atoms with E-state index in [2.05, 4.69) is 15.5 Å². The zero-order chi connectivity index (χ0) is 19.2. The summed E-state index contributed by atoms with van der Waals surface area (Å²) in [5.74, 6) is 0.569. The first-order valence-corrected chi connectivity index (χ1v) is 7.74. The number of carbonyl (C=O) groups excluding carboxylic acids is 1. The van der Waals surface area contributed by atoms with E-state index in [0.717, 1.165) is 0 Å². The predicted octanol–water partition coefficient (Wildman–Crippen LogP) is 3.02. The van der Waals surface area contributed by atoms with Crippen LogP contribution in [0, 0.1) is 10.1 Å². The zero-order valence-corrected chi connectivity index (χ0v) is 14.2. The molecule has 3 rings (SSSR count). The first kappa shape index (κ1) is 17.8. The van der Waals surface area contributed by atoms with Crippen LogP contribution in [0.4, 0.5) is 5.69 Å². The van der Waals surface area contributed by atoms with Crippen LogP contribution in [-0.2, 0) is 0 Å². The van der Waals surface area contributed by atoms with Gasteiger partial charge in [0, 0.05) is 12.4 Å². The Balaban J connectivity index is 1.75. The summed E-state index contributed by atoms with van der Waals surface area (Å²) in [7, 11) is 1.43. The van der Waals surface area contributed by atoms with E-state index in [1.807, 2.05) is 0 Å². The number of nitrogens with zero attached hydrogens (tertiary/aromatic N) is 3. The van der Waals surface area contributed by atoms with Gasteiger partial charge in [0.1, 0.15) is 17.3 Å². The second-order valence-corrected chi connectivity index (χ2v) is 5.28. The number of carbonyl (C=O) groups is 1. The van der Waals surface area contributed by atoms with Crippen LogP contribution in [0.15, 0.2) is 64.4 Å². The van der Waals surface area contributed by atoms with Gasteiger partial charge in [0.2, 0.25) is 0 Å². The number of nitrogens with one attached hydrogen (secondary N) is 1. The minimum atomic E-state index is -0.512. The monoisotopic (exact) mass is 366 g/mol. The van der Waals surface area contributed by atoms with Crippen LogP contribution in [0.3, 0.4) is 0 Å². The van der Waals surface area contributed by atoms with Crippen molar-refractivity contribution in [3.05, 3.63) is 76.3 Å². The van der Waals surface area contributed by atoms with Crippen LogP contribution in [0.25, 0.3) is 11.3 Å². The Morgan fingerprint density at radius 1 is 1.33 bits per heavy atom. The lowest BCUT2D eigenvalue weighted by atomic mass is 10.1. The molecule has 0 fully saturated rings. The fraction of sp³-hybridized carbons (Fsp3) is 0.0556. The fourth-order valence-corrected chi connectivity index (χ4v) is 2.28. The van der Waals surface area contributed by atoms with E-state index in [-0.39, 0.29) is 5.69 Å². The lowest BCUT2D eigenvalue weighted by molar-refractivity contribution is -0.384. The number of methoxy groups -OCH3 is 1. The van der Waals surface area contributed by atoms with Crippen molar-refractivity contribution in [3.63, 3.8) is 0 Å². The van der Waals surface area contributed by atoms with E-state index in [0.29, 0.717) is 28.4 Å². The summed E-state index contributed by atoms with van der Waals surface area (Å²) in [5, 5.41) is 15.1. The van der Waals surface area contributed by atoms with Crippen molar-refractivity contribution in [1.82, 2.24) is 10.4 Å². The Hall–Kier alpha value is -4.01. The van der Waals surface area contributed by atoms with Crippen molar-refractivity contribution in [2.24, 2.45) is 5.10 Å². The molecule has 0 bridgehead atoms. The molecule has 1 amide bonds. The molecule has 2 heterocycles. The molecule has 0 radical (unpaired) electrons. The molecule has 27 heavy (non-hydrogen) atoms. The largest absolute Gasteiger partial charge is 0.497 e. The highest BCUT2D eigenvalue weighted by atomic mass is 16.6. The third kappa shape index (κ3) is 4.15. The molecule has 1 aromatic carbocycles. The molecule has 0 unspecified atom stereocenters. The van der Waals surface area contributed by atoms with Gasteiger partial charge in [-0.1, -0.05) is 0 Å². The first-order valence-electron chi connectivity index (χ1n) is 7.74. The molecular weight excluding hydrogens is 352 g/mol. The Morgan fingerprint density at radius 2 is 2.19 bits per heavy atom. The number of benzene rings is 1. The number of ether oxygens (including phenoxy) is 1. The van der Waals surface area contributed by atoms with Crippen LogP contribution in [-0.4, -0.2) is 29.1 Å². The molecule has 9 nitrogen and oxygen atoms in total. The minimum absolute atomic E-state index is 0.142. The van der Waals surface area contributed by atoms with Crippen LogP contribution in [0.2, 0.25) is 0 Å². The Bertz CT molecular complexity index is 998. The lowest BCUT2D eigenvalue weighted by Gasteiger charge is -2.03. The van der Waals surface area contributed by atoms with E-state index in [1.165, 1.54) is 25.6 Å². The topological polar surface area (TPSA) is 120 Å². The van der Waals surface area contributed by atoms with Gasteiger partial charge < -0.3 is 9.15 Å². The van der Waals surface area contributed by atoms with Crippen molar-refractivity contribution >= 4 is 17.8 Å². The molecule has 0 aliphatic rings. The minimum Gasteiger partial charge on any atom is -0.497 e. The van der Waals surface area contributed by atoms with Gasteiger partial charge in [-0.05, 0) is 36.4 Å². The van der Waals surface area contributed by atoms with Crippen LogP contribution < -0.4 is 10.2 Å². The third-order valence-electron chi connectivity index (χ3n) is 3.58. The SMILES string of the molecule is COc1ccc(-c2ccc(/C=N\NC(=O)c3cccnc3)o2)c([N+](=O)[O-])c1. The maximum Gasteiger partial charge on any atom is 0.284 e. The number of hydrogen-bond donors (Lipinski definition) is 1. The van der Waals surface area contributed by atoms with Crippen molar-refractivity contribution in [2.45, 2.75) is 0 Å². The number of hydrogen-bond acceptors (Lipinski definition) is 7. The number of pyridine rings is 1. The van der Waals surface area contributed by atoms with E-state index >= 15 is 0 Å². The standard InChI is InChI=1S/C18H14N4O5/c1-26-13-4-6-15(16(9-13)22(24)25)17-7-5-14(27-17)11-20-21-18(23)12-3-2-8-19-10-12/h2-11H,1H3,(H,21,23)/b20-11-. The van der Waals surface area contributed by atoms with E-state index in [4.69, 9.17) is 9.15 Å². The first-order chi connectivity index (χ1) is 13.1. The molecule has 0 atom stereocenters. The number of aromatic nitrogens is 1. The smallest absolute Gasteiger partial charge is 0.284 e. The molecule has 0 saturated heterocycles. The van der Waals surface area contributed by atoms with Crippen molar-refractivity contribution in [2.75, 3.05) is 7.11 Å². The molecule has 1 N–H and O–H groups in total. The zero-order valence-electron chi connectivity index (χ0n) is 14.2. The van der Waals surface area contributed by atoms with Gasteiger partial charge in [-0.3, -0.25) is 19.9 Å². The Kier molecular flexibility index (Phi) is 5.22. The molecule has 9 heteroatoms. The normalized spacial score (nSPS) is 10.7. The summed E-state index contributed by atoms with van der Waals surface area (Å²) in [4.78, 5) is 26.5. The molecule has 2 aromatic heterocycles. The molecule has 3 aromatic rings. The van der Waals surface area contributed by atoms with Gasteiger partial charge in [0.15, 0.2) is 0 Å². The highest BCUT2D eigenvalue weighted by Gasteiger charge is 2.19. The molecule has 0 spiro atoms. The number of hydrazone groups is 1. The molecule has 136 valence electrons. The number of nitro benzene ring substituents is 1. The summed E-state index contributed by atoms with van der Waals surface area (Å²) < 4.78 is 10.6. The highest BCUT2D eigenvalue weighted by Crippen LogP contribution is 2.33. The van der Waals surface area contributed by atoms with E-state index in [1.54, 1.807) is 42.6 Å². The average molecular weight is 366 g/mol. The number of amides is 1. The summed E-state index contributed by atoms with van der Waals surface area (Å²) in [6.45, 7) is 0. The van der Waals surface area contributed by atoms with Crippen LogP contribution >= 0.6 is 0 Å². The second-order valence-electron chi connectivity index (χ2n) is 5.28. The van der Waals surface area contributed by atoms with Crippen LogP contribution in [0.1, 0.15) is 16.1 Å². The lowest BCUT2D eigenvalue weighted by Crippen LogP contribution is -2.17. The molecular formula is C18H14N4O5. The summed E-state index contributed by atoms with van der Waals surface area (Å²) in [6.07, 6.45) is 4.27. The molecule has 0 saturated carbocycles. The van der Waals surface area contributed by atoms with E-state index in [9.17, 15) is 14.9 Å². The second kappa shape index (κ2) is 7.91. The van der Waals surface area contributed by atoms with Gasteiger partial charge in [-0.2, -0.15) is 5.10 Å². The van der Waals surface area contributed by atoms with Crippen molar-refractivity contribution in [3.8, 4) is 17.1 Å². The van der Waals surface area contributed by atoms with Gasteiger partial charge in [0.25, 0.3) is 11.6 Å². The third-order valence-corrected chi connectivity index (χ3v) is 3.58. The van der Waals surface area contributed by atoms with E-state index < -0.39 is 10.8 Å². The van der Waals surface area contributed by atoms with Crippen molar-refractivity contribution < 1.29 is 18.9 Å². The Morgan fingerprint density at radius 3 is 2.89 bits per heavy atom. The van der Waals surface area contributed by atoms with Gasteiger partial charge in [-0.15, -0.1) is 0 Å². The quantitative estimate of drug-likeness (QED) is 0.407. The highest BCUT2D eigenvalue weighted by molar-refractivity contribution is 5.94. The average Bonchev–Trinajstić information content (AvgIpc) is 3.16. The summed E-state index contributed by atoms with van der Waals surface area (Å²) in [6, 6.07) is 10.9. The van der Waals surface area contributed by atoms with Gasteiger partial charge >= 0.3 is 0 Å². The maximum absolute atomic E-state index is 11.9. The van der Waals surface area contributed by atoms with Gasteiger partial charge in [-0.25, -0.2) is 5.43 Å². The predicted molar refractivity (Wildman–Crippen MR) is 96.6 cm³/mol. The fourth-order valence-electron chi connectivity index (χ4n) is 2.28. The van der Waals surface area contributed by atoms with Crippen molar-refractivity contribution in [1.29, 1.82) is 0 Å². The summed E-state index contributed by atoms with van der Waals surface area (Å²) in [5.41, 5.74) is 2.88. The van der Waals surface area contributed by atoms with Gasteiger partial charge in [0.05, 0.1) is 35.4 Å². The number of furan rings is 1. The molecule has 0 aliphatic heterocycles. The Labute approximate surface area is 153 Å².